The second-order valence-corrected chi connectivity index (χ2v) is 12.5. The fourth-order valence-corrected chi connectivity index (χ4v) is 6.28. The Hall–Kier alpha value is -5.08. The van der Waals surface area contributed by atoms with E-state index in [4.69, 9.17) is 15.2 Å². The minimum atomic E-state index is -0.658. The van der Waals surface area contributed by atoms with Crippen LogP contribution in [0.4, 0.5) is 17.1 Å². The quantitative estimate of drug-likeness (QED) is 0.0880. The third-order valence-corrected chi connectivity index (χ3v) is 9.02. The van der Waals surface area contributed by atoms with Crippen molar-refractivity contribution in [3.8, 4) is 5.69 Å². The van der Waals surface area contributed by atoms with Crippen molar-refractivity contribution in [1.82, 2.24) is 20.2 Å². The number of aromatic nitrogens is 4. The maximum atomic E-state index is 12.6. The van der Waals surface area contributed by atoms with Crippen molar-refractivity contribution in [1.29, 1.82) is 0 Å². The van der Waals surface area contributed by atoms with Crippen LogP contribution in [0.3, 0.4) is 0 Å². The number of amides is 2. The summed E-state index contributed by atoms with van der Waals surface area (Å²) in [6.07, 6.45) is 0.289. The summed E-state index contributed by atoms with van der Waals surface area (Å²) in [7, 11) is 0. The van der Waals surface area contributed by atoms with E-state index in [0.29, 0.717) is 40.8 Å². The zero-order valence-electron chi connectivity index (χ0n) is 26.6. The van der Waals surface area contributed by atoms with Gasteiger partial charge in [0, 0.05) is 36.3 Å². The average Bonchev–Trinajstić information content (AvgIpc) is 3.61. The van der Waals surface area contributed by atoms with Gasteiger partial charge in [-0.05, 0) is 64.4 Å². The number of nitrogens with one attached hydrogen (secondary N) is 2. The van der Waals surface area contributed by atoms with Crippen LogP contribution >= 0.6 is 11.8 Å². The molecule has 12 nitrogen and oxygen atoms in total. The molecule has 0 bridgehead atoms. The van der Waals surface area contributed by atoms with Gasteiger partial charge in [-0.2, -0.15) is 4.68 Å². The molecule has 2 amide bonds. The Balaban J connectivity index is 1.07. The molecule has 2 heterocycles. The highest BCUT2D eigenvalue weighted by molar-refractivity contribution is 7.99. The molecule has 1 aromatic heterocycles. The van der Waals surface area contributed by atoms with Crippen LogP contribution in [0.2, 0.25) is 0 Å². The molecule has 5 N–H and O–H groups in total. The molecule has 13 heteroatoms. The fraction of sp³-hybridized carbons (Fsp3) is 0.250. The Kier molecular flexibility index (Phi) is 11.3. The van der Waals surface area contributed by atoms with E-state index in [1.807, 2.05) is 78.9 Å². The molecule has 1 aliphatic heterocycles. The molecular weight excluding hydrogens is 643 g/mol. The number of aliphatic hydroxyl groups excluding tert-OH is 1. The molecule has 0 radical (unpaired) electrons. The van der Waals surface area contributed by atoms with Crippen molar-refractivity contribution in [2.75, 3.05) is 22.1 Å². The minimum Gasteiger partial charge on any atom is -0.397 e. The number of nitrogens with two attached hydrogens (primary N) is 1. The number of aliphatic hydroxyl groups is 1. The van der Waals surface area contributed by atoms with Gasteiger partial charge in [-0.1, -0.05) is 78.5 Å². The molecular formula is C36H37N7O5S. The Labute approximate surface area is 288 Å². The molecule has 49 heavy (non-hydrogen) atoms. The molecule has 0 aliphatic carbocycles. The molecule has 1 aliphatic rings. The van der Waals surface area contributed by atoms with Gasteiger partial charge in [-0.3, -0.25) is 9.59 Å². The standard InChI is InChI=1S/C36H37N7O5S/c37-30-9-4-5-10-31(30)39-34(46)12-6-11-33(45)38-27-19-17-26(18-20-27)35-47-29(21-32(48-35)25-15-13-24(22-44)14-16-25)23-49-36-40-41-42-43(36)28-7-2-1-3-8-28/h1-5,7-10,13-20,29,32,35,44H,6,11-12,21-23,37H2,(H,38,45)(H,39,46)/t29-,32+,35+/m0/s1. The SMILES string of the molecule is Nc1ccccc1NC(=O)CCCC(=O)Nc1ccc([C@@H]2O[C@H](CSc3nnnn3-c3ccccc3)C[C@H](c3ccc(CO)cc3)O2)cc1. The first-order chi connectivity index (χ1) is 23.9. The van der Waals surface area contributed by atoms with Crippen LogP contribution in [0.5, 0.6) is 0 Å². The number of thioether (sulfide) groups is 1. The van der Waals surface area contributed by atoms with Crippen molar-refractivity contribution in [2.45, 2.75) is 55.9 Å². The van der Waals surface area contributed by atoms with Gasteiger partial charge in [0.25, 0.3) is 0 Å². The van der Waals surface area contributed by atoms with E-state index in [-0.39, 0.29) is 43.5 Å². The topological polar surface area (TPSA) is 167 Å². The van der Waals surface area contributed by atoms with Gasteiger partial charge in [0.2, 0.25) is 17.0 Å². The molecule has 1 fully saturated rings. The number of nitrogens with zero attached hydrogens (tertiary/aromatic N) is 4. The van der Waals surface area contributed by atoms with Crippen LogP contribution in [0.15, 0.2) is 108 Å². The summed E-state index contributed by atoms with van der Waals surface area (Å²) in [4.78, 5) is 24.9. The molecule has 1 saturated heterocycles. The number of hydrogen-bond acceptors (Lipinski definition) is 10. The lowest BCUT2D eigenvalue weighted by molar-refractivity contribution is -0.245. The normalized spacial score (nSPS) is 17.4. The van der Waals surface area contributed by atoms with Gasteiger partial charge in [0.1, 0.15) is 0 Å². The Morgan fingerprint density at radius 2 is 1.55 bits per heavy atom. The zero-order valence-corrected chi connectivity index (χ0v) is 27.5. The number of para-hydroxylation sites is 3. The highest BCUT2D eigenvalue weighted by Crippen LogP contribution is 2.39. The average molecular weight is 680 g/mol. The molecule has 0 unspecified atom stereocenters. The molecule has 6 rings (SSSR count). The lowest BCUT2D eigenvalue weighted by Gasteiger charge is -2.36. The summed E-state index contributed by atoms with van der Waals surface area (Å²) < 4.78 is 14.6. The number of carbonyl (C=O) groups excluding carboxylic acids is 2. The number of nitrogen functional groups attached to an aromatic ring is 1. The summed E-state index contributed by atoms with van der Waals surface area (Å²) >= 11 is 1.51. The van der Waals surface area contributed by atoms with Gasteiger partial charge in [-0.15, -0.1) is 5.10 Å². The zero-order chi connectivity index (χ0) is 34.0. The summed E-state index contributed by atoms with van der Waals surface area (Å²) in [6.45, 7) is -0.0328. The van der Waals surface area contributed by atoms with Crippen molar-refractivity contribution in [3.05, 3.63) is 120 Å². The van der Waals surface area contributed by atoms with Crippen molar-refractivity contribution >= 4 is 40.6 Å². The third-order valence-electron chi connectivity index (χ3n) is 7.96. The van der Waals surface area contributed by atoms with E-state index >= 15 is 0 Å². The number of tetrazole rings is 1. The number of carbonyl (C=O) groups is 2. The summed E-state index contributed by atoms with van der Waals surface area (Å²) in [5.41, 5.74) is 11.0. The molecule has 5 aromatic rings. The Morgan fingerprint density at radius 1 is 0.857 bits per heavy atom. The van der Waals surface area contributed by atoms with Gasteiger partial charge in [0.05, 0.1) is 35.9 Å². The first-order valence-corrected chi connectivity index (χ1v) is 16.9. The fourth-order valence-electron chi connectivity index (χ4n) is 5.37. The Morgan fingerprint density at radius 3 is 2.29 bits per heavy atom. The van der Waals surface area contributed by atoms with E-state index in [0.717, 1.165) is 22.4 Å². The predicted molar refractivity (Wildman–Crippen MR) is 187 cm³/mol. The van der Waals surface area contributed by atoms with Crippen LogP contribution in [0.25, 0.3) is 5.69 Å². The first-order valence-electron chi connectivity index (χ1n) is 16.0. The van der Waals surface area contributed by atoms with E-state index in [1.165, 1.54) is 11.8 Å². The molecule has 252 valence electrons. The number of rotatable bonds is 13. The summed E-state index contributed by atoms with van der Waals surface area (Å²) in [5.74, 6) is 0.200. The monoisotopic (exact) mass is 679 g/mol. The number of anilines is 3. The van der Waals surface area contributed by atoms with Crippen molar-refractivity contribution in [2.24, 2.45) is 0 Å². The largest absolute Gasteiger partial charge is 0.397 e. The maximum Gasteiger partial charge on any atom is 0.224 e. The smallest absolute Gasteiger partial charge is 0.224 e. The van der Waals surface area contributed by atoms with Crippen molar-refractivity contribution in [3.63, 3.8) is 0 Å². The third kappa shape index (κ3) is 9.09. The van der Waals surface area contributed by atoms with Gasteiger partial charge >= 0.3 is 0 Å². The second-order valence-electron chi connectivity index (χ2n) is 11.5. The van der Waals surface area contributed by atoms with Gasteiger partial charge in [-0.25, -0.2) is 0 Å². The molecule has 0 spiro atoms. The van der Waals surface area contributed by atoms with Crippen LogP contribution in [0, 0.1) is 0 Å². The minimum absolute atomic E-state index is 0.0328. The number of hydrogen-bond donors (Lipinski definition) is 4. The molecule has 3 atom stereocenters. The predicted octanol–water partition coefficient (Wildman–Crippen LogP) is 5.82. The van der Waals surface area contributed by atoms with Crippen LogP contribution < -0.4 is 16.4 Å². The second kappa shape index (κ2) is 16.3. The lowest BCUT2D eigenvalue weighted by Crippen LogP contribution is -2.31. The number of ether oxygens (including phenoxy) is 2. The summed E-state index contributed by atoms with van der Waals surface area (Å²) in [6, 6.07) is 31.8. The molecule has 0 saturated carbocycles. The maximum absolute atomic E-state index is 12.6. The van der Waals surface area contributed by atoms with E-state index in [2.05, 4.69) is 26.2 Å². The van der Waals surface area contributed by atoms with E-state index in [1.54, 1.807) is 28.9 Å². The highest BCUT2D eigenvalue weighted by atomic mass is 32.2. The van der Waals surface area contributed by atoms with Crippen LogP contribution in [-0.4, -0.2) is 49.0 Å². The van der Waals surface area contributed by atoms with Gasteiger partial charge < -0.3 is 30.9 Å². The Bertz CT molecular complexity index is 1840. The van der Waals surface area contributed by atoms with E-state index < -0.39 is 6.29 Å². The van der Waals surface area contributed by atoms with E-state index in [9.17, 15) is 14.7 Å². The first kappa shape index (κ1) is 33.8. The summed E-state index contributed by atoms with van der Waals surface area (Å²) in [5, 5.41) is 28.1. The molecule has 4 aromatic carbocycles. The number of benzene rings is 4. The highest BCUT2D eigenvalue weighted by Gasteiger charge is 2.32. The van der Waals surface area contributed by atoms with Gasteiger partial charge in [0.15, 0.2) is 6.29 Å². The van der Waals surface area contributed by atoms with Crippen molar-refractivity contribution < 1.29 is 24.2 Å². The lowest BCUT2D eigenvalue weighted by atomic mass is 10.0. The van der Waals surface area contributed by atoms with Crippen LogP contribution in [-0.2, 0) is 25.7 Å². The van der Waals surface area contributed by atoms with Crippen LogP contribution in [0.1, 0.15) is 54.8 Å².